The normalized spacial score (nSPS) is 15.2. The van der Waals surface area contributed by atoms with E-state index in [0.717, 1.165) is 12.1 Å². The number of hydrogen-bond acceptors (Lipinski definition) is 7. The SMILES string of the molecule is Cc1ccc(Nc2cc(=NCC3CC3)n3nc/c(=C/c4[nH]c(=O)[nH]c4O)c3n2)nc1. The van der Waals surface area contributed by atoms with Gasteiger partial charge in [0.25, 0.3) is 0 Å². The molecule has 0 bridgehead atoms. The van der Waals surface area contributed by atoms with Crippen molar-refractivity contribution in [2.75, 3.05) is 11.9 Å². The van der Waals surface area contributed by atoms with Crippen molar-refractivity contribution in [3.63, 3.8) is 0 Å². The fourth-order valence-corrected chi connectivity index (χ4v) is 3.09. The highest BCUT2D eigenvalue weighted by molar-refractivity contribution is 5.59. The van der Waals surface area contributed by atoms with E-state index < -0.39 is 5.69 Å². The number of aryl methyl sites for hydroxylation is 1. The van der Waals surface area contributed by atoms with Crippen LogP contribution in [-0.4, -0.2) is 41.2 Å². The van der Waals surface area contributed by atoms with Crippen LogP contribution in [-0.2, 0) is 0 Å². The van der Waals surface area contributed by atoms with E-state index in [9.17, 15) is 9.90 Å². The molecule has 5 rings (SSSR count). The summed E-state index contributed by atoms with van der Waals surface area (Å²) in [6.07, 6.45) is 7.42. The van der Waals surface area contributed by atoms with Crippen LogP contribution >= 0.6 is 0 Å². The van der Waals surface area contributed by atoms with Crippen molar-refractivity contribution in [2.45, 2.75) is 19.8 Å². The van der Waals surface area contributed by atoms with Crippen LogP contribution in [0.4, 0.5) is 11.6 Å². The monoisotopic (exact) mass is 404 g/mol. The van der Waals surface area contributed by atoms with Crippen LogP contribution in [0.25, 0.3) is 11.7 Å². The summed E-state index contributed by atoms with van der Waals surface area (Å²) in [6, 6.07) is 5.69. The van der Waals surface area contributed by atoms with Crippen LogP contribution in [0.1, 0.15) is 24.1 Å². The summed E-state index contributed by atoms with van der Waals surface area (Å²) in [4.78, 5) is 30.0. The largest absolute Gasteiger partial charge is 0.493 e. The van der Waals surface area contributed by atoms with Gasteiger partial charge in [-0.25, -0.2) is 14.8 Å². The van der Waals surface area contributed by atoms with Crippen molar-refractivity contribution in [2.24, 2.45) is 10.9 Å². The third-order valence-corrected chi connectivity index (χ3v) is 4.89. The van der Waals surface area contributed by atoms with Gasteiger partial charge < -0.3 is 15.4 Å². The van der Waals surface area contributed by atoms with E-state index in [2.05, 4.69) is 30.4 Å². The lowest BCUT2D eigenvalue weighted by atomic mass is 10.3. The molecule has 0 saturated heterocycles. The molecule has 152 valence electrons. The Morgan fingerprint density at radius 3 is 2.87 bits per heavy atom. The molecule has 0 radical (unpaired) electrons. The maximum Gasteiger partial charge on any atom is 0.326 e. The van der Waals surface area contributed by atoms with Crippen LogP contribution in [0.5, 0.6) is 5.88 Å². The Morgan fingerprint density at radius 2 is 2.17 bits per heavy atom. The molecule has 1 saturated carbocycles. The predicted molar refractivity (Wildman–Crippen MR) is 110 cm³/mol. The zero-order valence-electron chi connectivity index (χ0n) is 16.3. The van der Waals surface area contributed by atoms with Gasteiger partial charge in [0.1, 0.15) is 17.3 Å². The number of aromatic nitrogens is 6. The van der Waals surface area contributed by atoms with Crippen molar-refractivity contribution < 1.29 is 5.11 Å². The quantitative estimate of drug-likeness (QED) is 0.388. The average molecular weight is 404 g/mol. The van der Waals surface area contributed by atoms with E-state index in [1.54, 1.807) is 23.0 Å². The lowest BCUT2D eigenvalue weighted by molar-refractivity contribution is 0.454. The minimum atomic E-state index is -0.490. The number of imidazole rings is 1. The van der Waals surface area contributed by atoms with Crippen LogP contribution in [0.3, 0.4) is 0 Å². The molecule has 0 unspecified atom stereocenters. The maximum atomic E-state index is 11.4. The van der Waals surface area contributed by atoms with Crippen molar-refractivity contribution in [3.05, 3.63) is 63.0 Å². The number of aromatic amines is 2. The Labute approximate surface area is 170 Å². The number of rotatable bonds is 5. The fraction of sp³-hybridized carbons (Fsp3) is 0.250. The first-order valence-corrected chi connectivity index (χ1v) is 9.67. The molecule has 4 aromatic heterocycles. The van der Waals surface area contributed by atoms with Crippen molar-refractivity contribution in [3.8, 4) is 5.88 Å². The number of hydrogen-bond donors (Lipinski definition) is 4. The first-order valence-electron chi connectivity index (χ1n) is 9.67. The number of aromatic hydroxyl groups is 1. The standard InChI is InChI=1S/C20H20N8O2/c1-11-2-5-15(21-8-11)25-16-7-17(22-9-12-3-4-12)28-18(26-16)13(10-23-28)6-14-19(29)27-20(30)24-14/h2,5-8,10,12,29H,3-4,9H2,1H3,(H,21,25)(H2,24,27,30)/b13-6-,22-17?. The molecular weight excluding hydrogens is 384 g/mol. The summed E-state index contributed by atoms with van der Waals surface area (Å²) in [5.41, 5.74) is 2.05. The summed E-state index contributed by atoms with van der Waals surface area (Å²) in [5.74, 6) is 1.64. The maximum absolute atomic E-state index is 11.4. The highest BCUT2D eigenvalue weighted by Crippen LogP contribution is 2.28. The van der Waals surface area contributed by atoms with Gasteiger partial charge in [0.15, 0.2) is 11.1 Å². The van der Waals surface area contributed by atoms with Crippen LogP contribution < -0.4 is 21.7 Å². The molecule has 4 N–H and O–H groups in total. The second-order valence-corrected chi connectivity index (χ2v) is 7.45. The molecule has 4 heterocycles. The molecule has 10 heteroatoms. The molecule has 0 spiro atoms. The summed E-state index contributed by atoms with van der Waals surface area (Å²) in [5, 5.41) is 18.1. The molecule has 1 aliphatic carbocycles. The van der Waals surface area contributed by atoms with E-state index in [1.807, 2.05) is 25.1 Å². The molecular formula is C20H20N8O2. The summed E-state index contributed by atoms with van der Waals surface area (Å²) in [7, 11) is 0. The Morgan fingerprint density at radius 1 is 1.30 bits per heavy atom. The van der Waals surface area contributed by atoms with Gasteiger partial charge in [0.2, 0.25) is 5.88 Å². The molecule has 4 aromatic rings. The number of pyridine rings is 1. The second-order valence-electron chi connectivity index (χ2n) is 7.45. The number of fused-ring (bicyclic) bond motifs is 1. The van der Waals surface area contributed by atoms with Crippen LogP contribution in [0.15, 0.2) is 40.4 Å². The molecule has 10 nitrogen and oxygen atoms in total. The van der Waals surface area contributed by atoms with Crippen molar-refractivity contribution >= 4 is 23.4 Å². The van der Waals surface area contributed by atoms with Crippen molar-refractivity contribution in [1.82, 2.24) is 29.5 Å². The molecule has 1 aliphatic rings. The van der Waals surface area contributed by atoms with Crippen LogP contribution in [0, 0.1) is 12.8 Å². The lowest BCUT2D eigenvalue weighted by Crippen LogP contribution is -2.20. The smallest absolute Gasteiger partial charge is 0.326 e. The van der Waals surface area contributed by atoms with Gasteiger partial charge in [-0.1, -0.05) is 6.07 Å². The highest BCUT2D eigenvalue weighted by Gasteiger charge is 2.20. The third kappa shape index (κ3) is 3.66. The summed E-state index contributed by atoms with van der Waals surface area (Å²) < 4.78 is 1.66. The Bertz CT molecular complexity index is 1390. The number of nitrogens with zero attached hydrogens (tertiary/aromatic N) is 5. The zero-order chi connectivity index (χ0) is 20.7. The lowest BCUT2D eigenvalue weighted by Gasteiger charge is -2.06. The topological polar surface area (TPSA) is 136 Å². The van der Waals surface area contributed by atoms with Gasteiger partial charge in [-0.15, -0.1) is 0 Å². The summed E-state index contributed by atoms with van der Waals surface area (Å²) >= 11 is 0. The van der Waals surface area contributed by atoms with E-state index in [0.29, 0.717) is 33.9 Å². The Hall–Kier alpha value is -3.95. The summed E-state index contributed by atoms with van der Waals surface area (Å²) in [6.45, 7) is 2.72. The predicted octanol–water partition coefficient (Wildman–Crippen LogP) is 0.757. The number of nitrogens with one attached hydrogen (secondary N) is 3. The van der Waals surface area contributed by atoms with Crippen molar-refractivity contribution in [1.29, 1.82) is 0 Å². The average Bonchev–Trinajstić information content (AvgIpc) is 3.39. The Balaban J connectivity index is 1.64. The third-order valence-electron chi connectivity index (χ3n) is 4.89. The first-order chi connectivity index (χ1) is 14.5. The first kappa shape index (κ1) is 18.1. The van der Waals surface area contributed by atoms with E-state index in [-0.39, 0.29) is 11.6 Å². The van der Waals surface area contributed by atoms with E-state index in [1.165, 1.54) is 12.8 Å². The van der Waals surface area contributed by atoms with Gasteiger partial charge >= 0.3 is 5.69 Å². The molecule has 0 amide bonds. The van der Waals surface area contributed by atoms with E-state index >= 15 is 0 Å². The second kappa shape index (κ2) is 7.14. The molecule has 1 fully saturated rings. The number of H-pyrrole nitrogens is 2. The minimum absolute atomic E-state index is 0.240. The molecule has 0 atom stereocenters. The van der Waals surface area contributed by atoms with Gasteiger partial charge in [-0.3, -0.25) is 9.98 Å². The fourth-order valence-electron chi connectivity index (χ4n) is 3.09. The van der Waals surface area contributed by atoms with Gasteiger partial charge in [0, 0.05) is 24.0 Å². The molecule has 0 aromatic carbocycles. The van der Waals surface area contributed by atoms with Gasteiger partial charge in [0.05, 0.1) is 6.20 Å². The van der Waals surface area contributed by atoms with Gasteiger partial charge in [-0.2, -0.15) is 9.61 Å². The van der Waals surface area contributed by atoms with Crippen LogP contribution in [0.2, 0.25) is 0 Å². The zero-order valence-corrected chi connectivity index (χ0v) is 16.3. The Kier molecular flexibility index (Phi) is 4.31. The highest BCUT2D eigenvalue weighted by atomic mass is 16.3. The number of anilines is 2. The van der Waals surface area contributed by atoms with E-state index in [4.69, 9.17) is 4.99 Å². The minimum Gasteiger partial charge on any atom is -0.493 e. The van der Waals surface area contributed by atoms with Gasteiger partial charge in [-0.05, 0) is 43.4 Å². The molecule has 0 aliphatic heterocycles. The molecule has 30 heavy (non-hydrogen) atoms.